The van der Waals surface area contributed by atoms with Crippen molar-refractivity contribution in [3.05, 3.63) is 34.3 Å². The molecule has 1 fully saturated rings. The highest BCUT2D eigenvalue weighted by Crippen LogP contribution is 2.47. The lowest BCUT2D eigenvalue weighted by molar-refractivity contribution is -0.136. The first-order chi connectivity index (χ1) is 8.53. The van der Waals surface area contributed by atoms with Gasteiger partial charge in [-0.1, -0.05) is 43.0 Å². The summed E-state index contributed by atoms with van der Waals surface area (Å²) in [5, 5.41) is 9.57. The van der Waals surface area contributed by atoms with E-state index in [4.69, 9.17) is 28.3 Å². The van der Waals surface area contributed by atoms with Crippen LogP contribution in [0.2, 0.25) is 5.02 Å². The fourth-order valence-corrected chi connectivity index (χ4v) is 3.66. The molecule has 2 nitrogen and oxygen atoms in total. The summed E-state index contributed by atoms with van der Waals surface area (Å²) in [6, 6.07) is 5.39. The molecule has 0 aromatic heterocycles. The lowest BCUT2D eigenvalue weighted by Gasteiger charge is -2.33. The third-order valence-electron chi connectivity index (χ3n) is 3.54. The highest BCUT2D eigenvalue weighted by molar-refractivity contribution is 6.33. The van der Waals surface area contributed by atoms with Crippen LogP contribution in [0, 0.1) is 0 Å². The van der Waals surface area contributed by atoms with Gasteiger partial charge in [-0.15, -0.1) is 11.6 Å². The van der Waals surface area contributed by atoms with Crippen molar-refractivity contribution in [3.63, 3.8) is 0 Å². The third kappa shape index (κ3) is 2.81. The number of halogens is 2. The summed E-state index contributed by atoms with van der Waals surface area (Å²) >= 11 is 13.0. The first kappa shape index (κ1) is 13.7. The molecular formula is C14H16Cl2O2. The summed E-state index contributed by atoms with van der Waals surface area (Å²) in [5.74, 6) is -0.852. The van der Waals surface area contributed by atoms with E-state index in [1.165, 1.54) is 6.42 Å². The van der Waals surface area contributed by atoms with E-state index in [2.05, 4.69) is 0 Å². The Hall–Kier alpha value is -0.730. The van der Waals surface area contributed by atoms with Crippen LogP contribution in [0.15, 0.2) is 18.2 Å². The lowest BCUT2D eigenvalue weighted by atomic mass is 9.80. The van der Waals surface area contributed by atoms with E-state index in [1.54, 1.807) is 12.1 Å². The molecule has 1 aromatic carbocycles. The smallest absolute Gasteiger partial charge is 0.307 e. The van der Waals surface area contributed by atoms with Gasteiger partial charge in [0.25, 0.3) is 0 Å². The van der Waals surface area contributed by atoms with Gasteiger partial charge in [0, 0.05) is 5.02 Å². The van der Waals surface area contributed by atoms with Gasteiger partial charge in [0.15, 0.2) is 0 Å². The second-order valence-electron chi connectivity index (χ2n) is 4.87. The first-order valence-corrected chi connectivity index (χ1v) is 6.97. The monoisotopic (exact) mass is 286 g/mol. The average molecular weight is 287 g/mol. The van der Waals surface area contributed by atoms with Crippen molar-refractivity contribution in [2.24, 2.45) is 0 Å². The van der Waals surface area contributed by atoms with Crippen LogP contribution in [0.25, 0.3) is 0 Å². The predicted molar refractivity (Wildman–Crippen MR) is 73.4 cm³/mol. The number of hydrogen-bond acceptors (Lipinski definition) is 1. The molecule has 18 heavy (non-hydrogen) atoms. The van der Waals surface area contributed by atoms with Crippen LogP contribution in [0.5, 0.6) is 0 Å². The number of carboxylic acids is 1. The Morgan fingerprint density at radius 1 is 1.28 bits per heavy atom. The highest BCUT2D eigenvalue weighted by Gasteiger charge is 2.35. The topological polar surface area (TPSA) is 37.3 Å². The molecule has 1 N–H and O–H groups in total. The van der Waals surface area contributed by atoms with Gasteiger partial charge in [0.1, 0.15) is 0 Å². The van der Waals surface area contributed by atoms with Gasteiger partial charge < -0.3 is 5.11 Å². The maximum atomic E-state index is 10.9. The van der Waals surface area contributed by atoms with Crippen LogP contribution in [0.1, 0.15) is 43.2 Å². The van der Waals surface area contributed by atoms with E-state index in [-0.39, 0.29) is 6.42 Å². The van der Waals surface area contributed by atoms with Gasteiger partial charge >= 0.3 is 5.97 Å². The van der Waals surface area contributed by atoms with Gasteiger partial charge in [0.05, 0.1) is 11.3 Å². The van der Waals surface area contributed by atoms with Gasteiger partial charge in [-0.2, -0.15) is 0 Å². The summed E-state index contributed by atoms with van der Waals surface area (Å²) in [6.45, 7) is 0. The number of aliphatic carboxylic acids is 1. The fourth-order valence-electron chi connectivity index (χ4n) is 2.74. The number of carboxylic acid groups (broad SMARTS) is 1. The Labute approximate surface area is 117 Å². The summed E-state index contributed by atoms with van der Waals surface area (Å²) in [5.41, 5.74) is 1.57. The molecule has 98 valence electrons. The highest BCUT2D eigenvalue weighted by atomic mass is 35.5. The lowest BCUT2D eigenvalue weighted by Crippen LogP contribution is -2.25. The summed E-state index contributed by atoms with van der Waals surface area (Å²) in [4.78, 5) is 10.4. The number of carbonyl (C=O) groups is 1. The molecule has 0 amide bonds. The van der Waals surface area contributed by atoms with Crippen molar-refractivity contribution in [2.45, 2.75) is 43.4 Å². The standard InChI is InChI=1S/C14H16Cl2O2/c15-11-6-4-5-10(9-12(17)18)13(11)14(16)7-2-1-3-8-14/h4-6H,1-3,7-9H2,(H,17,18). The number of rotatable bonds is 3. The van der Waals surface area contributed by atoms with E-state index in [0.29, 0.717) is 5.02 Å². The second-order valence-corrected chi connectivity index (χ2v) is 6.00. The molecule has 0 heterocycles. The Kier molecular flexibility index (Phi) is 4.18. The normalized spacial score (nSPS) is 18.6. The van der Waals surface area contributed by atoms with Crippen LogP contribution in [-0.4, -0.2) is 11.1 Å². The molecule has 2 rings (SSSR count). The van der Waals surface area contributed by atoms with Gasteiger partial charge in [-0.3, -0.25) is 4.79 Å². The maximum Gasteiger partial charge on any atom is 0.307 e. The quantitative estimate of drug-likeness (QED) is 0.838. The van der Waals surface area contributed by atoms with Gasteiger partial charge in [-0.25, -0.2) is 0 Å². The number of benzene rings is 1. The zero-order valence-electron chi connectivity index (χ0n) is 10.1. The summed E-state index contributed by atoms with van der Waals surface area (Å²) in [7, 11) is 0. The summed E-state index contributed by atoms with van der Waals surface area (Å²) < 4.78 is 0. The van der Waals surface area contributed by atoms with E-state index >= 15 is 0 Å². The Morgan fingerprint density at radius 3 is 2.56 bits per heavy atom. The van der Waals surface area contributed by atoms with Crippen molar-refractivity contribution in [2.75, 3.05) is 0 Å². The van der Waals surface area contributed by atoms with Crippen molar-refractivity contribution < 1.29 is 9.90 Å². The predicted octanol–water partition coefficient (Wildman–Crippen LogP) is 4.37. The third-order valence-corrected chi connectivity index (χ3v) is 4.42. The van der Waals surface area contributed by atoms with Crippen molar-refractivity contribution in [1.29, 1.82) is 0 Å². The minimum Gasteiger partial charge on any atom is -0.481 e. The van der Waals surface area contributed by atoms with Crippen LogP contribution in [0.3, 0.4) is 0 Å². The van der Waals surface area contributed by atoms with E-state index < -0.39 is 10.8 Å². The molecule has 4 heteroatoms. The second kappa shape index (κ2) is 5.50. The van der Waals surface area contributed by atoms with Crippen LogP contribution in [-0.2, 0) is 16.1 Å². The molecule has 0 atom stereocenters. The molecule has 0 saturated heterocycles. The number of hydrogen-bond donors (Lipinski definition) is 1. The Balaban J connectivity index is 2.43. The molecule has 1 saturated carbocycles. The molecule has 0 radical (unpaired) electrons. The van der Waals surface area contributed by atoms with Crippen LogP contribution >= 0.6 is 23.2 Å². The van der Waals surface area contributed by atoms with Crippen molar-refractivity contribution in [1.82, 2.24) is 0 Å². The Bertz CT molecular complexity index is 451. The molecule has 1 aromatic rings. The van der Waals surface area contributed by atoms with Crippen molar-refractivity contribution in [3.8, 4) is 0 Å². The van der Waals surface area contributed by atoms with Crippen LogP contribution in [0.4, 0.5) is 0 Å². The SMILES string of the molecule is O=C(O)Cc1cccc(Cl)c1C1(Cl)CCCCC1. The van der Waals surface area contributed by atoms with Crippen molar-refractivity contribution >= 4 is 29.2 Å². The first-order valence-electron chi connectivity index (χ1n) is 6.21. The minimum absolute atomic E-state index is 0.0234. The molecule has 0 spiro atoms. The molecule has 1 aliphatic carbocycles. The Morgan fingerprint density at radius 2 is 1.94 bits per heavy atom. The van der Waals surface area contributed by atoms with Crippen LogP contribution < -0.4 is 0 Å². The number of alkyl halides is 1. The molecular weight excluding hydrogens is 271 g/mol. The van der Waals surface area contributed by atoms with E-state index in [1.807, 2.05) is 6.07 Å². The van der Waals surface area contributed by atoms with E-state index in [9.17, 15) is 4.79 Å². The zero-order chi connectivity index (χ0) is 13.2. The molecule has 0 bridgehead atoms. The largest absolute Gasteiger partial charge is 0.481 e. The van der Waals surface area contributed by atoms with Gasteiger partial charge in [0.2, 0.25) is 0 Å². The minimum atomic E-state index is -0.852. The molecule has 1 aliphatic rings. The van der Waals surface area contributed by atoms with Gasteiger partial charge in [-0.05, 0) is 30.0 Å². The maximum absolute atomic E-state index is 10.9. The zero-order valence-corrected chi connectivity index (χ0v) is 11.6. The van der Waals surface area contributed by atoms with E-state index in [0.717, 1.165) is 36.8 Å². The molecule has 0 aliphatic heterocycles. The summed E-state index contributed by atoms with van der Waals surface area (Å²) in [6.07, 6.45) is 5.04. The fraction of sp³-hybridized carbons (Fsp3) is 0.500. The molecule has 0 unspecified atom stereocenters. The average Bonchev–Trinajstić information content (AvgIpc) is 2.28.